The SMILES string of the molecule is CCCCc1nc2nncc-2c2nc(-c3ccc(Br)cc3)[nH]n12. The molecule has 116 valence electrons. The van der Waals surface area contributed by atoms with E-state index in [1.807, 2.05) is 28.8 Å². The van der Waals surface area contributed by atoms with E-state index in [0.717, 1.165) is 52.2 Å². The molecular formula is C16H15BrN6. The molecule has 23 heavy (non-hydrogen) atoms. The molecule has 1 aromatic carbocycles. The average Bonchev–Trinajstić information content (AvgIpc) is 3.19. The van der Waals surface area contributed by atoms with Crippen molar-refractivity contribution in [3.63, 3.8) is 0 Å². The molecule has 0 bridgehead atoms. The van der Waals surface area contributed by atoms with Crippen LogP contribution < -0.4 is 0 Å². The van der Waals surface area contributed by atoms with Crippen LogP contribution in [0.4, 0.5) is 0 Å². The molecule has 7 heteroatoms. The van der Waals surface area contributed by atoms with Crippen LogP contribution in [0.3, 0.4) is 0 Å². The number of rotatable bonds is 4. The molecule has 0 fully saturated rings. The number of aromatic nitrogens is 6. The summed E-state index contributed by atoms with van der Waals surface area (Å²) in [5.41, 5.74) is 2.72. The fourth-order valence-electron chi connectivity index (χ4n) is 2.61. The fourth-order valence-corrected chi connectivity index (χ4v) is 2.88. The predicted octanol–water partition coefficient (Wildman–Crippen LogP) is 3.72. The van der Waals surface area contributed by atoms with Gasteiger partial charge in [0, 0.05) is 16.5 Å². The van der Waals surface area contributed by atoms with E-state index in [2.05, 4.69) is 43.1 Å². The van der Waals surface area contributed by atoms with Gasteiger partial charge in [-0.25, -0.2) is 14.5 Å². The van der Waals surface area contributed by atoms with E-state index in [1.165, 1.54) is 0 Å². The molecular weight excluding hydrogens is 356 g/mol. The molecule has 0 atom stereocenters. The highest BCUT2D eigenvalue weighted by Crippen LogP contribution is 2.26. The molecule has 2 aliphatic rings. The number of halogens is 1. The molecule has 0 saturated carbocycles. The Hall–Kier alpha value is -2.28. The quantitative estimate of drug-likeness (QED) is 0.594. The largest absolute Gasteiger partial charge is 0.274 e. The first-order valence-electron chi connectivity index (χ1n) is 7.61. The molecule has 1 N–H and O–H groups in total. The minimum atomic E-state index is 0.657. The van der Waals surface area contributed by atoms with Crippen molar-refractivity contribution < 1.29 is 0 Å². The third-order valence-electron chi connectivity index (χ3n) is 3.83. The van der Waals surface area contributed by atoms with Crippen molar-refractivity contribution in [2.75, 3.05) is 0 Å². The van der Waals surface area contributed by atoms with Gasteiger partial charge in [0.15, 0.2) is 17.3 Å². The number of nitrogens with zero attached hydrogens (tertiary/aromatic N) is 5. The van der Waals surface area contributed by atoms with Crippen LogP contribution in [0.2, 0.25) is 0 Å². The van der Waals surface area contributed by atoms with Crippen LogP contribution in [-0.4, -0.2) is 29.8 Å². The van der Waals surface area contributed by atoms with Gasteiger partial charge < -0.3 is 0 Å². The fraction of sp³-hybridized carbons (Fsp3) is 0.250. The third-order valence-corrected chi connectivity index (χ3v) is 4.36. The monoisotopic (exact) mass is 370 g/mol. The molecule has 0 aliphatic carbocycles. The predicted molar refractivity (Wildman–Crippen MR) is 91.3 cm³/mol. The van der Waals surface area contributed by atoms with Crippen LogP contribution in [0.15, 0.2) is 34.9 Å². The number of unbranched alkanes of at least 4 members (excludes halogenated alkanes) is 1. The minimum Gasteiger partial charge on any atom is -0.274 e. The average molecular weight is 371 g/mol. The Morgan fingerprint density at radius 3 is 2.78 bits per heavy atom. The van der Waals surface area contributed by atoms with E-state index >= 15 is 0 Å². The number of benzene rings is 1. The molecule has 2 aromatic rings. The standard InChI is InChI=1S/C16H15BrN6/c1-2-3-4-13-19-15-12(9-18-21-15)16-20-14(22-23(13)16)10-5-7-11(17)8-6-10/h5-9H,2-4H2,1H3,(H,20,22). The summed E-state index contributed by atoms with van der Waals surface area (Å²) in [4.78, 5) is 9.39. The van der Waals surface area contributed by atoms with E-state index in [-0.39, 0.29) is 0 Å². The van der Waals surface area contributed by atoms with Gasteiger partial charge in [0.25, 0.3) is 0 Å². The van der Waals surface area contributed by atoms with Crippen LogP contribution in [0.25, 0.3) is 28.4 Å². The molecule has 6 nitrogen and oxygen atoms in total. The Morgan fingerprint density at radius 2 is 2.00 bits per heavy atom. The molecule has 1 aromatic heterocycles. The van der Waals surface area contributed by atoms with Crippen LogP contribution in [0.1, 0.15) is 25.6 Å². The summed E-state index contributed by atoms with van der Waals surface area (Å²) in [7, 11) is 0. The maximum atomic E-state index is 4.75. The first kappa shape index (κ1) is 14.3. The maximum absolute atomic E-state index is 4.75. The lowest BCUT2D eigenvalue weighted by Crippen LogP contribution is -2.05. The van der Waals surface area contributed by atoms with Gasteiger partial charge in [0.05, 0.1) is 11.8 Å². The Kier molecular flexibility index (Phi) is 3.57. The number of aryl methyl sites for hydroxylation is 1. The van der Waals surface area contributed by atoms with Crippen molar-refractivity contribution >= 4 is 21.6 Å². The van der Waals surface area contributed by atoms with Gasteiger partial charge in [-0.15, -0.1) is 5.10 Å². The molecule has 4 rings (SSSR count). The van der Waals surface area contributed by atoms with Crippen LogP contribution in [0.5, 0.6) is 0 Å². The number of H-pyrrole nitrogens is 1. The lowest BCUT2D eigenvalue weighted by atomic mass is 10.2. The molecule has 0 saturated heterocycles. The molecule has 0 unspecified atom stereocenters. The van der Waals surface area contributed by atoms with Crippen molar-refractivity contribution in [1.29, 1.82) is 0 Å². The second kappa shape index (κ2) is 5.73. The summed E-state index contributed by atoms with van der Waals surface area (Å²) in [6.07, 6.45) is 4.78. The Morgan fingerprint density at radius 1 is 1.17 bits per heavy atom. The summed E-state index contributed by atoms with van der Waals surface area (Å²) in [5.74, 6) is 2.40. The van der Waals surface area contributed by atoms with Crippen molar-refractivity contribution in [1.82, 2.24) is 29.8 Å². The van der Waals surface area contributed by atoms with Gasteiger partial charge in [-0.3, -0.25) is 5.10 Å². The first-order valence-corrected chi connectivity index (χ1v) is 8.40. The Labute approximate surface area is 141 Å². The van der Waals surface area contributed by atoms with Crippen molar-refractivity contribution in [3.8, 4) is 22.8 Å². The highest BCUT2D eigenvalue weighted by molar-refractivity contribution is 9.10. The van der Waals surface area contributed by atoms with Gasteiger partial charge in [0.2, 0.25) is 0 Å². The van der Waals surface area contributed by atoms with E-state index in [4.69, 9.17) is 4.98 Å². The van der Waals surface area contributed by atoms with Crippen LogP contribution in [-0.2, 0) is 6.42 Å². The van der Waals surface area contributed by atoms with E-state index in [9.17, 15) is 0 Å². The minimum absolute atomic E-state index is 0.657. The number of nitrogens with one attached hydrogen (secondary N) is 1. The summed E-state index contributed by atoms with van der Waals surface area (Å²) >= 11 is 3.46. The normalized spacial score (nSPS) is 11.6. The van der Waals surface area contributed by atoms with Crippen molar-refractivity contribution in [3.05, 3.63) is 40.8 Å². The summed E-state index contributed by atoms with van der Waals surface area (Å²) in [5, 5.41) is 11.4. The Balaban J connectivity index is 1.91. The molecule has 3 heterocycles. The topological polar surface area (TPSA) is 71.8 Å². The third kappa shape index (κ3) is 2.50. The summed E-state index contributed by atoms with van der Waals surface area (Å²) in [6.45, 7) is 2.17. The summed E-state index contributed by atoms with van der Waals surface area (Å²) in [6, 6.07) is 8.07. The zero-order valence-electron chi connectivity index (χ0n) is 12.6. The number of aromatic amines is 1. The zero-order chi connectivity index (χ0) is 15.8. The highest BCUT2D eigenvalue weighted by atomic mass is 79.9. The number of fused-ring (bicyclic) bond motifs is 3. The second-order valence-electron chi connectivity index (χ2n) is 5.45. The van der Waals surface area contributed by atoms with Gasteiger partial charge in [-0.2, -0.15) is 5.10 Å². The number of hydrogen-bond acceptors (Lipinski definition) is 4. The lowest BCUT2D eigenvalue weighted by Gasteiger charge is -2.05. The Bertz CT molecular complexity index is 924. The second-order valence-corrected chi connectivity index (χ2v) is 6.37. The van der Waals surface area contributed by atoms with Crippen LogP contribution >= 0.6 is 15.9 Å². The van der Waals surface area contributed by atoms with E-state index in [0.29, 0.717) is 5.82 Å². The zero-order valence-corrected chi connectivity index (χ0v) is 14.2. The van der Waals surface area contributed by atoms with Crippen molar-refractivity contribution in [2.24, 2.45) is 0 Å². The molecule has 0 amide bonds. The summed E-state index contributed by atoms with van der Waals surface area (Å²) < 4.78 is 3.00. The highest BCUT2D eigenvalue weighted by Gasteiger charge is 2.19. The molecule has 2 aliphatic heterocycles. The lowest BCUT2D eigenvalue weighted by molar-refractivity contribution is 0.713. The van der Waals surface area contributed by atoms with Crippen LogP contribution in [0, 0.1) is 0 Å². The smallest absolute Gasteiger partial charge is 0.188 e. The number of hydrogen-bond donors (Lipinski definition) is 1. The van der Waals surface area contributed by atoms with Gasteiger partial charge >= 0.3 is 0 Å². The molecule has 0 radical (unpaired) electrons. The maximum Gasteiger partial charge on any atom is 0.188 e. The van der Waals surface area contributed by atoms with Gasteiger partial charge in [0.1, 0.15) is 5.82 Å². The molecule has 0 spiro atoms. The first-order chi connectivity index (χ1) is 11.3. The van der Waals surface area contributed by atoms with E-state index < -0.39 is 0 Å². The van der Waals surface area contributed by atoms with Crippen molar-refractivity contribution in [2.45, 2.75) is 26.2 Å². The van der Waals surface area contributed by atoms with Gasteiger partial charge in [-0.1, -0.05) is 41.4 Å². The van der Waals surface area contributed by atoms with E-state index in [1.54, 1.807) is 6.20 Å². The van der Waals surface area contributed by atoms with Gasteiger partial charge in [-0.05, 0) is 18.6 Å².